The van der Waals surface area contributed by atoms with E-state index >= 15 is 0 Å². The Hall–Kier alpha value is -1.21. The molecule has 0 unspecified atom stereocenters. The van der Waals surface area contributed by atoms with Crippen LogP contribution in [0.1, 0.15) is 12.8 Å². The van der Waals surface area contributed by atoms with E-state index in [0.29, 0.717) is 12.5 Å². The maximum Gasteiger partial charge on any atom is 0.225 e. The molecule has 1 aromatic rings. The van der Waals surface area contributed by atoms with Gasteiger partial charge in [0.25, 0.3) is 0 Å². The summed E-state index contributed by atoms with van der Waals surface area (Å²) in [6.45, 7) is 2.28. The Kier molecular flexibility index (Phi) is 4.13. The van der Waals surface area contributed by atoms with Gasteiger partial charge in [0.1, 0.15) is 0 Å². The van der Waals surface area contributed by atoms with Crippen LogP contribution in [-0.4, -0.2) is 44.3 Å². The molecule has 1 saturated heterocycles. The number of sulfonamides is 1. The number of anilines is 1. The molecule has 0 spiro atoms. The van der Waals surface area contributed by atoms with Gasteiger partial charge in [0, 0.05) is 32.0 Å². The zero-order valence-corrected chi connectivity index (χ0v) is 11.2. The van der Waals surface area contributed by atoms with Crippen molar-refractivity contribution in [2.24, 2.45) is 5.92 Å². The van der Waals surface area contributed by atoms with Gasteiger partial charge in [-0.15, -0.1) is 0 Å². The van der Waals surface area contributed by atoms with Crippen LogP contribution in [0.2, 0.25) is 0 Å². The van der Waals surface area contributed by atoms with Gasteiger partial charge in [-0.05, 0) is 24.8 Å². The average molecular weight is 270 g/mol. The van der Waals surface area contributed by atoms with Crippen molar-refractivity contribution in [3.05, 3.63) is 18.5 Å². The van der Waals surface area contributed by atoms with Gasteiger partial charge in [0.15, 0.2) is 0 Å². The first-order valence-electron chi connectivity index (χ1n) is 6.01. The Morgan fingerprint density at radius 3 is 2.50 bits per heavy atom. The number of hydrogen-bond donors (Lipinski definition) is 1. The second-order valence-electron chi connectivity index (χ2n) is 4.60. The lowest BCUT2D eigenvalue weighted by atomic mass is 9.97. The highest BCUT2D eigenvalue weighted by atomic mass is 32.2. The number of nitrogens with one attached hydrogen (secondary N) is 1. The fourth-order valence-electron chi connectivity index (χ4n) is 2.06. The van der Waals surface area contributed by atoms with E-state index in [4.69, 9.17) is 0 Å². The van der Waals surface area contributed by atoms with Crippen LogP contribution in [0.25, 0.3) is 0 Å². The average Bonchev–Trinajstić information content (AvgIpc) is 2.37. The minimum atomic E-state index is -3.08. The fourth-order valence-corrected chi connectivity index (χ4v) is 2.60. The van der Waals surface area contributed by atoms with Crippen LogP contribution >= 0.6 is 0 Å². The molecule has 7 heteroatoms. The first kappa shape index (κ1) is 13.2. The quantitative estimate of drug-likeness (QED) is 0.848. The predicted octanol–water partition coefficient (Wildman–Crippen LogP) is 0.242. The highest BCUT2D eigenvalue weighted by Gasteiger charge is 2.21. The molecule has 1 N–H and O–H groups in total. The van der Waals surface area contributed by atoms with Gasteiger partial charge in [-0.2, -0.15) is 0 Å². The molecule has 1 fully saturated rings. The van der Waals surface area contributed by atoms with E-state index in [0.717, 1.165) is 31.9 Å². The summed E-state index contributed by atoms with van der Waals surface area (Å²) in [4.78, 5) is 10.6. The summed E-state index contributed by atoms with van der Waals surface area (Å²) in [5, 5.41) is 0. The minimum Gasteiger partial charge on any atom is -0.341 e. The molecule has 0 aromatic carbocycles. The highest BCUT2D eigenvalue weighted by molar-refractivity contribution is 7.88. The summed E-state index contributed by atoms with van der Waals surface area (Å²) in [6.07, 6.45) is 6.58. The third-order valence-corrected chi connectivity index (χ3v) is 3.77. The van der Waals surface area contributed by atoms with E-state index < -0.39 is 10.0 Å². The summed E-state index contributed by atoms with van der Waals surface area (Å²) in [6, 6.07) is 1.80. The highest BCUT2D eigenvalue weighted by Crippen LogP contribution is 2.19. The molecule has 0 radical (unpaired) electrons. The van der Waals surface area contributed by atoms with Crippen molar-refractivity contribution in [2.75, 3.05) is 30.8 Å². The van der Waals surface area contributed by atoms with Gasteiger partial charge in [-0.25, -0.2) is 23.1 Å². The smallest absolute Gasteiger partial charge is 0.225 e. The van der Waals surface area contributed by atoms with Crippen LogP contribution in [0.4, 0.5) is 5.95 Å². The Balaban J connectivity index is 1.82. The first-order chi connectivity index (χ1) is 8.54. The number of hydrogen-bond acceptors (Lipinski definition) is 5. The van der Waals surface area contributed by atoms with Gasteiger partial charge in [-0.3, -0.25) is 0 Å². The molecule has 2 heterocycles. The molecule has 6 nitrogen and oxygen atoms in total. The second-order valence-corrected chi connectivity index (χ2v) is 6.43. The van der Waals surface area contributed by atoms with Crippen molar-refractivity contribution >= 4 is 16.0 Å². The zero-order valence-electron chi connectivity index (χ0n) is 10.4. The van der Waals surface area contributed by atoms with E-state index in [2.05, 4.69) is 19.6 Å². The third kappa shape index (κ3) is 3.92. The van der Waals surface area contributed by atoms with Crippen LogP contribution in [0, 0.1) is 5.92 Å². The zero-order chi connectivity index (χ0) is 13.0. The van der Waals surface area contributed by atoms with E-state index in [1.165, 1.54) is 6.26 Å². The summed E-state index contributed by atoms with van der Waals surface area (Å²) in [5.74, 6) is 1.16. The van der Waals surface area contributed by atoms with Crippen molar-refractivity contribution in [1.29, 1.82) is 0 Å². The normalized spacial score (nSPS) is 17.9. The molecule has 18 heavy (non-hydrogen) atoms. The van der Waals surface area contributed by atoms with Crippen molar-refractivity contribution in [1.82, 2.24) is 14.7 Å². The summed E-state index contributed by atoms with van der Waals surface area (Å²) in [5.41, 5.74) is 0. The molecule has 0 atom stereocenters. The van der Waals surface area contributed by atoms with E-state index in [-0.39, 0.29) is 0 Å². The van der Waals surface area contributed by atoms with Gasteiger partial charge in [0.2, 0.25) is 16.0 Å². The second kappa shape index (κ2) is 5.62. The molecule has 0 saturated carbocycles. The summed E-state index contributed by atoms with van der Waals surface area (Å²) in [7, 11) is -3.08. The van der Waals surface area contributed by atoms with Crippen LogP contribution < -0.4 is 9.62 Å². The Morgan fingerprint density at radius 1 is 1.33 bits per heavy atom. The molecule has 1 aromatic heterocycles. The van der Waals surface area contributed by atoms with Crippen LogP contribution in [-0.2, 0) is 10.0 Å². The van der Waals surface area contributed by atoms with Crippen molar-refractivity contribution in [2.45, 2.75) is 12.8 Å². The lowest BCUT2D eigenvalue weighted by Crippen LogP contribution is -2.39. The summed E-state index contributed by atoms with van der Waals surface area (Å²) >= 11 is 0. The van der Waals surface area contributed by atoms with Crippen LogP contribution in [0.5, 0.6) is 0 Å². The van der Waals surface area contributed by atoms with E-state index in [9.17, 15) is 8.42 Å². The molecular formula is C11H18N4O2S. The Bertz CT molecular complexity index is 469. The fraction of sp³-hybridized carbons (Fsp3) is 0.636. The molecule has 0 bridgehead atoms. The van der Waals surface area contributed by atoms with Crippen LogP contribution in [0.3, 0.4) is 0 Å². The molecular weight excluding hydrogens is 252 g/mol. The van der Waals surface area contributed by atoms with Crippen LogP contribution in [0.15, 0.2) is 18.5 Å². The molecule has 1 aliphatic heterocycles. The van der Waals surface area contributed by atoms with Crippen molar-refractivity contribution in [3.8, 4) is 0 Å². The minimum absolute atomic E-state index is 0.402. The van der Waals surface area contributed by atoms with Gasteiger partial charge < -0.3 is 4.90 Å². The molecule has 100 valence electrons. The Labute approximate surface area is 107 Å². The number of nitrogens with zero attached hydrogens (tertiary/aromatic N) is 3. The number of aromatic nitrogens is 2. The standard InChI is InChI=1S/C11H18N4O2S/c1-18(16,17)14-9-10-3-7-15(8-4-10)11-12-5-2-6-13-11/h2,5-6,10,14H,3-4,7-9H2,1H3. The molecule has 1 aliphatic rings. The third-order valence-electron chi connectivity index (χ3n) is 3.08. The lowest BCUT2D eigenvalue weighted by Gasteiger charge is -2.31. The molecule has 0 amide bonds. The van der Waals surface area contributed by atoms with E-state index in [1.807, 2.05) is 0 Å². The SMILES string of the molecule is CS(=O)(=O)NCC1CCN(c2ncccn2)CC1. The van der Waals surface area contributed by atoms with E-state index in [1.54, 1.807) is 18.5 Å². The largest absolute Gasteiger partial charge is 0.341 e. The maximum atomic E-state index is 11.0. The molecule has 2 rings (SSSR count). The monoisotopic (exact) mass is 270 g/mol. The predicted molar refractivity (Wildman–Crippen MR) is 69.8 cm³/mol. The van der Waals surface area contributed by atoms with Crippen molar-refractivity contribution < 1.29 is 8.42 Å². The Morgan fingerprint density at radius 2 is 1.94 bits per heavy atom. The van der Waals surface area contributed by atoms with Gasteiger partial charge >= 0.3 is 0 Å². The maximum absolute atomic E-state index is 11.0. The lowest BCUT2D eigenvalue weighted by molar-refractivity contribution is 0.399. The summed E-state index contributed by atoms with van der Waals surface area (Å²) < 4.78 is 24.6. The van der Waals surface area contributed by atoms with Gasteiger partial charge in [0.05, 0.1) is 6.26 Å². The van der Waals surface area contributed by atoms with Crippen molar-refractivity contribution in [3.63, 3.8) is 0 Å². The number of piperidine rings is 1. The first-order valence-corrected chi connectivity index (χ1v) is 7.90. The molecule has 0 aliphatic carbocycles. The number of rotatable bonds is 4. The van der Waals surface area contributed by atoms with Gasteiger partial charge in [-0.1, -0.05) is 0 Å². The topological polar surface area (TPSA) is 75.2 Å².